The Morgan fingerprint density at radius 2 is 1.92 bits per heavy atom. The van der Waals surface area contributed by atoms with Crippen molar-refractivity contribution >= 4 is 34.1 Å². The summed E-state index contributed by atoms with van der Waals surface area (Å²) in [6, 6.07) is 13.7. The van der Waals surface area contributed by atoms with E-state index in [1.54, 1.807) is 18.4 Å². The molecular weight excluding hydrogens is 500 g/mol. The predicted molar refractivity (Wildman–Crippen MR) is 147 cm³/mol. The summed E-state index contributed by atoms with van der Waals surface area (Å²) < 4.78 is 5.90. The number of thiophene rings is 1. The Hall–Kier alpha value is -3.91. The van der Waals surface area contributed by atoms with Crippen LogP contribution in [0.4, 0.5) is 0 Å². The zero-order valence-corrected chi connectivity index (χ0v) is 21.8. The lowest BCUT2D eigenvalue weighted by atomic mass is 9.91. The van der Waals surface area contributed by atoms with Gasteiger partial charge < -0.3 is 20.1 Å². The molecule has 7 nitrogen and oxygen atoms in total. The second kappa shape index (κ2) is 9.76. The third kappa shape index (κ3) is 4.39. The fourth-order valence-corrected chi connectivity index (χ4v) is 6.87. The van der Waals surface area contributed by atoms with E-state index in [4.69, 9.17) is 4.74 Å². The van der Waals surface area contributed by atoms with Crippen molar-refractivity contribution in [2.24, 2.45) is 0 Å². The highest BCUT2D eigenvalue weighted by Gasteiger charge is 2.33. The molecule has 1 unspecified atom stereocenters. The first kappa shape index (κ1) is 24.4. The van der Waals surface area contributed by atoms with Crippen LogP contribution in [0.5, 0.6) is 5.75 Å². The molecule has 8 heteroatoms. The van der Waals surface area contributed by atoms with Crippen LogP contribution in [-0.4, -0.2) is 29.1 Å². The number of hydrogen-bond donors (Lipinski definition) is 3. The quantitative estimate of drug-likeness (QED) is 0.290. The van der Waals surface area contributed by atoms with Crippen molar-refractivity contribution in [3.63, 3.8) is 0 Å². The third-order valence-corrected chi connectivity index (χ3v) is 8.74. The van der Waals surface area contributed by atoms with Gasteiger partial charge in [-0.25, -0.2) is 4.79 Å². The molecule has 2 heterocycles. The molecule has 0 radical (unpaired) electrons. The highest BCUT2D eigenvalue weighted by molar-refractivity contribution is 7.15. The number of rotatable bonds is 7. The number of hydrogen-bond acceptors (Lipinski definition) is 5. The zero-order valence-electron chi connectivity index (χ0n) is 21.0. The Kier molecular flexibility index (Phi) is 6.27. The Bertz CT molecular complexity index is 1620. The van der Waals surface area contributed by atoms with Crippen molar-refractivity contribution in [3.8, 4) is 16.2 Å². The summed E-state index contributed by atoms with van der Waals surface area (Å²) in [5.74, 6) is -0.385. The van der Waals surface area contributed by atoms with E-state index in [1.807, 2.05) is 36.4 Å². The van der Waals surface area contributed by atoms with Crippen LogP contribution in [0.1, 0.15) is 69.6 Å². The first-order valence-corrected chi connectivity index (χ1v) is 13.7. The number of aromatic nitrogens is 1. The minimum atomic E-state index is -1.25. The molecule has 38 heavy (non-hydrogen) atoms. The van der Waals surface area contributed by atoms with Crippen molar-refractivity contribution in [2.75, 3.05) is 7.11 Å². The van der Waals surface area contributed by atoms with E-state index < -0.39 is 11.4 Å². The number of carbonyl (C=O) groups is 2. The first-order chi connectivity index (χ1) is 18.4. The predicted octanol–water partition coefficient (Wildman–Crippen LogP) is 5.58. The Balaban J connectivity index is 1.41. The minimum Gasteiger partial charge on any atom is -0.494 e. The maximum absolute atomic E-state index is 13.0. The molecule has 194 valence electrons. The van der Waals surface area contributed by atoms with E-state index in [-0.39, 0.29) is 17.5 Å². The normalized spacial score (nSPS) is 16.7. The van der Waals surface area contributed by atoms with Crippen LogP contribution in [0.2, 0.25) is 0 Å². The molecule has 3 N–H and O–H groups in total. The average Bonchev–Trinajstić information content (AvgIpc) is 3.66. The lowest BCUT2D eigenvalue weighted by Crippen LogP contribution is -2.31. The number of benzene rings is 2. The van der Waals surface area contributed by atoms with Gasteiger partial charge in [0.1, 0.15) is 5.56 Å². The van der Waals surface area contributed by atoms with Crippen molar-refractivity contribution in [3.05, 3.63) is 86.0 Å². The van der Waals surface area contributed by atoms with Gasteiger partial charge in [-0.05, 0) is 66.8 Å². The van der Waals surface area contributed by atoms with Gasteiger partial charge in [0.25, 0.3) is 0 Å². The van der Waals surface area contributed by atoms with Gasteiger partial charge in [0.2, 0.25) is 11.3 Å². The summed E-state index contributed by atoms with van der Waals surface area (Å²) >= 11 is 1.72. The number of nitrogens with one attached hydrogen (secondary N) is 2. The van der Waals surface area contributed by atoms with E-state index in [0.29, 0.717) is 29.0 Å². The van der Waals surface area contributed by atoms with Gasteiger partial charge >= 0.3 is 5.97 Å². The third-order valence-electron chi connectivity index (χ3n) is 7.52. The van der Waals surface area contributed by atoms with Crippen molar-refractivity contribution < 1.29 is 19.4 Å². The Labute approximate surface area is 223 Å². The standard InChI is InChI=1S/C30H28N2O5S/c1-37-29-26(18(17-10-11-17)13-20-27(29)31-15-21(28(20)34)30(35)36)24-14-19-22(8-5-9-23(19)38-24)32-25(33)12-16-6-3-2-4-7-16/h2-4,6-7,13-15,17,22H,5,8-12H2,1H3,(H,31,34)(H,32,33)(H,35,36). The summed E-state index contributed by atoms with van der Waals surface area (Å²) in [5, 5.41) is 13.0. The van der Waals surface area contributed by atoms with Gasteiger partial charge in [-0.15, -0.1) is 11.3 Å². The number of carboxylic acid groups (broad SMARTS) is 1. The molecule has 4 aromatic rings. The molecule has 1 fully saturated rings. The first-order valence-electron chi connectivity index (χ1n) is 12.9. The van der Waals surface area contributed by atoms with E-state index in [2.05, 4.69) is 16.4 Å². The number of carbonyl (C=O) groups excluding carboxylic acids is 1. The van der Waals surface area contributed by atoms with Gasteiger partial charge in [-0.2, -0.15) is 0 Å². The van der Waals surface area contributed by atoms with Gasteiger partial charge in [0, 0.05) is 21.5 Å². The van der Waals surface area contributed by atoms with Gasteiger partial charge in [0.15, 0.2) is 5.75 Å². The molecule has 6 rings (SSSR count). The van der Waals surface area contributed by atoms with E-state index >= 15 is 0 Å². The van der Waals surface area contributed by atoms with Crippen LogP contribution in [0.15, 0.2) is 53.5 Å². The molecule has 0 spiro atoms. The number of fused-ring (bicyclic) bond motifs is 2. The molecule has 0 saturated heterocycles. The van der Waals surface area contributed by atoms with Crippen LogP contribution >= 0.6 is 11.3 Å². The largest absolute Gasteiger partial charge is 0.494 e. The van der Waals surface area contributed by atoms with E-state index in [1.165, 1.54) is 11.1 Å². The number of carboxylic acids is 1. The van der Waals surface area contributed by atoms with Crippen molar-refractivity contribution in [2.45, 2.75) is 50.5 Å². The molecule has 2 aliphatic carbocycles. The minimum absolute atomic E-state index is 0.00978. The summed E-state index contributed by atoms with van der Waals surface area (Å²) in [4.78, 5) is 42.8. The maximum atomic E-state index is 13.0. The molecule has 2 aliphatic rings. The highest BCUT2D eigenvalue weighted by atomic mass is 32.1. The zero-order chi connectivity index (χ0) is 26.4. The number of aromatic amines is 1. The number of methoxy groups -OCH3 is 1. The maximum Gasteiger partial charge on any atom is 0.341 e. The molecule has 2 aromatic carbocycles. The highest BCUT2D eigenvalue weighted by Crippen LogP contribution is 2.52. The summed E-state index contributed by atoms with van der Waals surface area (Å²) in [6.07, 6.45) is 6.47. The summed E-state index contributed by atoms with van der Waals surface area (Å²) in [6.45, 7) is 0. The van der Waals surface area contributed by atoms with Gasteiger partial charge in [-0.3, -0.25) is 9.59 Å². The van der Waals surface area contributed by atoms with Crippen molar-refractivity contribution in [1.29, 1.82) is 0 Å². The van der Waals surface area contributed by atoms with Crippen LogP contribution in [0.3, 0.4) is 0 Å². The molecule has 0 bridgehead atoms. The Morgan fingerprint density at radius 1 is 1.13 bits per heavy atom. The van der Waals surface area contributed by atoms with Crippen LogP contribution in [-0.2, 0) is 17.6 Å². The van der Waals surface area contributed by atoms with Crippen LogP contribution in [0, 0.1) is 0 Å². The number of H-pyrrole nitrogens is 1. The molecule has 1 saturated carbocycles. The second-order valence-electron chi connectivity index (χ2n) is 10.1. The second-order valence-corrected chi connectivity index (χ2v) is 11.2. The topological polar surface area (TPSA) is 108 Å². The molecule has 0 aliphatic heterocycles. The van der Waals surface area contributed by atoms with Gasteiger partial charge in [-0.1, -0.05) is 30.3 Å². The smallest absolute Gasteiger partial charge is 0.341 e. The molecule has 2 aromatic heterocycles. The summed E-state index contributed by atoms with van der Waals surface area (Å²) in [7, 11) is 1.58. The average molecular weight is 529 g/mol. The van der Waals surface area contributed by atoms with E-state index in [9.17, 15) is 19.5 Å². The van der Waals surface area contributed by atoms with Crippen molar-refractivity contribution in [1.82, 2.24) is 10.3 Å². The number of aromatic carboxylic acids is 1. The van der Waals surface area contributed by atoms with E-state index in [0.717, 1.165) is 59.2 Å². The lowest BCUT2D eigenvalue weighted by Gasteiger charge is -2.23. The fourth-order valence-electron chi connectivity index (χ4n) is 5.54. The van der Waals surface area contributed by atoms with Crippen LogP contribution < -0.4 is 15.5 Å². The Morgan fingerprint density at radius 3 is 2.63 bits per heavy atom. The lowest BCUT2D eigenvalue weighted by molar-refractivity contribution is -0.121. The summed E-state index contributed by atoms with van der Waals surface area (Å²) in [5.41, 5.74) is 3.82. The molecule has 1 amide bonds. The molecule has 1 atom stereocenters. The van der Waals surface area contributed by atoms with Crippen LogP contribution in [0.25, 0.3) is 21.3 Å². The number of ether oxygens (including phenoxy) is 1. The molecular formula is C30H28N2O5S. The monoisotopic (exact) mass is 528 g/mol. The number of amides is 1. The fraction of sp³-hybridized carbons (Fsp3) is 0.300. The van der Waals surface area contributed by atoms with Gasteiger partial charge in [0.05, 0.1) is 30.5 Å². The number of aryl methyl sites for hydroxylation is 1. The number of pyridine rings is 1. The SMILES string of the molecule is COc1c(-c2cc3c(s2)CCCC3NC(=O)Cc2ccccc2)c(C2CC2)cc2c(=O)c(C(=O)O)c[nH]c12.